The Morgan fingerprint density at radius 2 is 2.13 bits per heavy atom. The zero-order valence-corrected chi connectivity index (χ0v) is 14.2. The molecule has 1 aliphatic heterocycles. The van der Waals surface area contributed by atoms with Crippen LogP contribution in [0.25, 0.3) is 0 Å². The first-order valence-corrected chi connectivity index (χ1v) is 8.88. The number of thiophene rings is 1. The largest absolute Gasteiger partial charge is 0.329 e. The Labute approximate surface area is 140 Å². The Balaban J connectivity index is 1.45. The minimum absolute atomic E-state index is 0.796. The number of hydrogen-bond acceptors (Lipinski definition) is 4. The monoisotopic (exact) mass is 327 g/mol. The van der Waals surface area contributed by atoms with Crippen LogP contribution < -0.4 is 0 Å². The van der Waals surface area contributed by atoms with E-state index >= 15 is 0 Å². The van der Waals surface area contributed by atoms with Crippen molar-refractivity contribution in [3.63, 3.8) is 0 Å². The van der Waals surface area contributed by atoms with E-state index in [4.69, 9.17) is 0 Å². The van der Waals surface area contributed by atoms with Gasteiger partial charge in [0.15, 0.2) is 0 Å². The van der Waals surface area contributed by atoms with Gasteiger partial charge < -0.3 is 4.57 Å². The summed E-state index contributed by atoms with van der Waals surface area (Å²) < 4.78 is 4.34. The summed E-state index contributed by atoms with van der Waals surface area (Å²) in [5.74, 6) is 1.21. The fourth-order valence-corrected chi connectivity index (χ4v) is 4.11. The highest BCUT2D eigenvalue weighted by molar-refractivity contribution is 7.11. The molecule has 120 valence electrons. The van der Waals surface area contributed by atoms with Crippen LogP contribution in [0.15, 0.2) is 36.8 Å². The quantitative estimate of drug-likeness (QED) is 0.739. The first kappa shape index (κ1) is 14.7. The third-order valence-electron chi connectivity index (χ3n) is 4.37. The van der Waals surface area contributed by atoms with Crippen LogP contribution in [0, 0.1) is 6.92 Å². The average molecular weight is 327 g/mol. The van der Waals surface area contributed by atoms with Crippen molar-refractivity contribution in [2.75, 3.05) is 13.1 Å². The first-order valence-electron chi connectivity index (χ1n) is 8.06. The maximum absolute atomic E-state index is 4.64. The summed E-state index contributed by atoms with van der Waals surface area (Å²) in [4.78, 5) is 10.0. The van der Waals surface area contributed by atoms with E-state index in [-0.39, 0.29) is 0 Å². The first-order chi connectivity index (χ1) is 11.3. The molecule has 0 aromatic carbocycles. The highest BCUT2D eigenvalue weighted by Gasteiger charge is 2.18. The molecule has 0 fully saturated rings. The van der Waals surface area contributed by atoms with Gasteiger partial charge in [0.05, 0.1) is 18.4 Å². The molecule has 6 heteroatoms. The maximum atomic E-state index is 4.64. The van der Waals surface area contributed by atoms with E-state index in [0.29, 0.717) is 0 Å². The van der Waals surface area contributed by atoms with Gasteiger partial charge in [-0.3, -0.25) is 9.58 Å². The van der Waals surface area contributed by atoms with Crippen LogP contribution in [-0.4, -0.2) is 37.3 Å². The molecule has 4 rings (SSSR count). The molecule has 3 aromatic rings. The summed E-state index contributed by atoms with van der Waals surface area (Å²) in [5, 5.41) is 4.30. The summed E-state index contributed by atoms with van der Waals surface area (Å²) in [6, 6.07) is 6.43. The van der Waals surface area contributed by atoms with Gasteiger partial charge >= 0.3 is 0 Å². The molecule has 3 aromatic heterocycles. The highest BCUT2D eigenvalue weighted by Crippen LogP contribution is 2.19. The molecule has 0 spiro atoms. The van der Waals surface area contributed by atoms with E-state index in [1.165, 1.54) is 21.3 Å². The predicted octanol–water partition coefficient (Wildman–Crippen LogP) is 2.56. The second-order valence-electron chi connectivity index (χ2n) is 6.06. The molecule has 1 aliphatic rings. The summed E-state index contributed by atoms with van der Waals surface area (Å²) in [6.45, 7) is 7.19. The molecule has 0 radical (unpaired) electrons. The number of rotatable bonds is 4. The summed E-state index contributed by atoms with van der Waals surface area (Å²) in [6.07, 6.45) is 6.85. The van der Waals surface area contributed by atoms with Crippen molar-refractivity contribution in [3.8, 4) is 0 Å². The van der Waals surface area contributed by atoms with Gasteiger partial charge in [-0.05, 0) is 25.1 Å². The van der Waals surface area contributed by atoms with Crippen LogP contribution >= 0.6 is 11.3 Å². The fraction of sp³-hybridized carbons (Fsp3) is 0.412. The molecule has 0 unspecified atom stereocenters. The lowest BCUT2D eigenvalue weighted by atomic mass is 10.3. The van der Waals surface area contributed by atoms with Gasteiger partial charge in [-0.25, -0.2) is 4.98 Å². The van der Waals surface area contributed by atoms with Gasteiger partial charge in [-0.2, -0.15) is 5.10 Å². The number of fused-ring (bicyclic) bond motifs is 1. The minimum Gasteiger partial charge on any atom is -0.329 e. The van der Waals surface area contributed by atoms with Crippen LogP contribution in [0.4, 0.5) is 0 Å². The van der Waals surface area contributed by atoms with Crippen molar-refractivity contribution in [2.45, 2.75) is 33.0 Å². The van der Waals surface area contributed by atoms with E-state index in [2.05, 4.69) is 38.6 Å². The molecule has 4 heterocycles. The highest BCUT2D eigenvalue weighted by atomic mass is 32.1. The van der Waals surface area contributed by atoms with Crippen LogP contribution in [0.1, 0.15) is 21.3 Å². The molecule has 0 bridgehead atoms. The van der Waals surface area contributed by atoms with Crippen molar-refractivity contribution >= 4 is 11.3 Å². The van der Waals surface area contributed by atoms with Gasteiger partial charge in [0.2, 0.25) is 0 Å². The topological polar surface area (TPSA) is 38.9 Å². The number of nitrogens with zero attached hydrogens (tertiary/aromatic N) is 5. The van der Waals surface area contributed by atoms with Crippen molar-refractivity contribution in [3.05, 3.63) is 58.1 Å². The smallest absolute Gasteiger partial charge is 0.110 e. The van der Waals surface area contributed by atoms with E-state index in [9.17, 15) is 0 Å². The third kappa shape index (κ3) is 3.23. The number of imidazole rings is 1. The van der Waals surface area contributed by atoms with Gasteiger partial charge in [0.1, 0.15) is 5.82 Å². The Morgan fingerprint density at radius 3 is 2.91 bits per heavy atom. The minimum atomic E-state index is 0.796. The molecule has 0 aliphatic carbocycles. The van der Waals surface area contributed by atoms with Crippen LogP contribution in [0.5, 0.6) is 0 Å². The summed E-state index contributed by atoms with van der Waals surface area (Å²) in [5.41, 5.74) is 1.25. The van der Waals surface area contributed by atoms with E-state index in [0.717, 1.165) is 39.1 Å². The van der Waals surface area contributed by atoms with Gasteiger partial charge in [0, 0.05) is 54.7 Å². The Hall–Kier alpha value is -1.92. The average Bonchev–Trinajstić information content (AvgIpc) is 3.24. The molecular formula is C17H21N5S. The molecule has 0 amide bonds. The Bertz CT molecular complexity index is 771. The predicted molar refractivity (Wildman–Crippen MR) is 91.6 cm³/mol. The Kier molecular flexibility index (Phi) is 4.01. The second-order valence-corrected chi connectivity index (χ2v) is 7.43. The van der Waals surface area contributed by atoms with Gasteiger partial charge in [-0.1, -0.05) is 0 Å². The molecule has 0 saturated heterocycles. The second kappa shape index (κ2) is 6.29. The molecule has 23 heavy (non-hydrogen) atoms. The summed E-state index contributed by atoms with van der Waals surface area (Å²) >= 11 is 1.90. The van der Waals surface area contributed by atoms with E-state index in [1.54, 1.807) is 0 Å². The van der Waals surface area contributed by atoms with Crippen molar-refractivity contribution in [1.82, 2.24) is 24.2 Å². The summed E-state index contributed by atoms with van der Waals surface area (Å²) in [7, 11) is 0. The van der Waals surface area contributed by atoms with E-state index < -0.39 is 0 Å². The van der Waals surface area contributed by atoms with Crippen molar-refractivity contribution in [2.24, 2.45) is 0 Å². The third-order valence-corrected chi connectivity index (χ3v) is 5.36. The molecule has 0 N–H and O–H groups in total. The molecule has 0 atom stereocenters. The lowest BCUT2D eigenvalue weighted by molar-refractivity contribution is 0.273. The van der Waals surface area contributed by atoms with E-state index in [1.807, 2.05) is 40.7 Å². The van der Waals surface area contributed by atoms with Crippen LogP contribution in [0.3, 0.4) is 0 Å². The number of aromatic nitrogens is 4. The van der Waals surface area contributed by atoms with Gasteiger partial charge in [-0.15, -0.1) is 11.3 Å². The zero-order valence-electron chi connectivity index (χ0n) is 13.4. The standard InChI is InChI=1S/C17H21N5S/c1-14-3-4-16(23-14)13-20-8-5-17-18-11-15(22(17)10-9-20)12-21-7-2-6-19-21/h2-4,6-7,11H,5,8-10,12-13H2,1H3. The normalized spacial score (nSPS) is 15.5. The maximum Gasteiger partial charge on any atom is 0.110 e. The van der Waals surface area contributed by atoms with Crippen LogP contribution in [0.2, 0.25) is 0 Å². The Morgan fingerprint density at radius 1 is 1.17 bits per heavy atom. The van der Waals surface area contributed by atoms with Crippen molar-refractivity contribution < 1.29 is 0 Å². The van der Waals surface area contributed by atoms with Crippen molar-refractivity contribution in [1.29, 1.82) is 0 Å². The molecule has 5 nitrogen and oxygen atoms in total. The van der Waals surface area contributed by atoms with Gasteiger partial charge in [0.25, 0.3) is 0 Å². The zero-order chi connectivity index (χ0) is 15.6. The lowest BCUT2D eigenvalue weighted by Crippen LogP contribution is -2.26. The SMILES string of the molecule is Cc1ccc(CN2CCc3ncc(Cn4cccn4)n3CC2)s1. The molecule has 0 saturated carbocycles. The lowest BCUT2D eigenvalue weighted by Gasteiger charge is -2.18. The fourth-order valence-electron chi connectivity index (χ4n) is 3.17. The van der Waals surface area contributed by atoms with Crippen LogP contribution in [-0.2, 0) is 26.1 Å². The number of aryl methyl sites for hydroxylation is 1. The number of hydrogen-bond donors (Lipinski definition) is 0. The molecular weight excluding hydrogens is 306 g/mol.